The molecule has 0 bridgehead atoms. The predicted molar refractivity (Wildman–Crippen MR) is 52.0 cm³/mol. The number of carbonyl (C=O) groups excluding carboxylic acids is 1. The van der Waals surface area contributed by atoms with Crippen LogP contribution in [0.15, 0.2) is 0 Å². The largest absolute Gasteiger partial charge is 0.330 e. The van der Waals surface area contributed by atoms with Crippen LogP contribution in [0.25, 0.3) is 0 Å². The van der Waals surface area contributed by atoms with Gasteiger partial charge in [-0.1, -0.05) is 20.3 Å². The maximum atomic E-state index is 11.3. The molecule has 1 atom stereocenters. The number of unbranched alkanes of at least 4 members (excludes halogenated alkanes) is 1. The van der Waals surface area contributed by atoms with Gasteiger partial charge in [-0.25, -0.2) is 0 Å². The first kappa shape index (κ1) is 11.6. The highest BCUT2D eigenvalue weighted by molar-refractivity contribution is 5.80. The number of hydrogen-bond acceptors (Lipinski definition) is 2. The Bertz CT molecular complexity index is 123. The van der Waals surface area contributed by atoms with Crippen molar-refractivity contribution in [2.45, 2.75) is 46.0 Å². The Morgan fingerprint density at radius 1 is 1.42 bits per heavy atom. The SMILES string of the molecule is CCCC(=O)C(C)CCCCN. The van der Waals surface area contributed by atoms with Crippen LogP contribution in [0.2, 0.25) is 0 Å². The van der Waals surface area contributed by atoms with Gasteiger partial charge in [0.05, 0.1) is 0 Å². The van der Waals surface area contributed by atoms with E-state index in [9.17, 15) is 4.79 Å². The van der Waals surface area contributed by atoms with Crippen molar-refractivity contribution in [3.8, 4) is 0 Å². The number of rotatable bonds is 7. The molecule has 0 aliphatic rings. The summed E-state index contributed by atoms with van der Waals surface area (Å²) in [5.41, 5.74) is 5.36. The zero-order valence-corrected chi connectivity index (χ0v) is 8.31. The monoisotopic (exact) mass is 171 g/mol. The first-order valence-corrected chi connectivity index (χ1v) is 4.95. The van der Waals surface area contributed by atoms with Crippen LogP contribution in [0.5, 0.6) is 0 Å². The van der Waals surface area contributed by atoms with Gasteiger partial charge < -0.3 is 5.73 Å². The summed E-state index contributed by atoms with van der Waals surface area (Å²) >= 11 is 0. The van der Waals surface area contributed by atoms with Crippen LogP contribution in [0.1, 0.15) is 46.0 Å². The molecule has 0 aromatic heterocycles. The lowest BCUT2D eigenvalue weighted by Crippen LogP contribution is -2.10. The molecule has 0 saturated carbocycles. The van der Waals surface area contributed by atoms with Gasteiger partial charge in [-0.05, 0) is 25.8 Å². The summed E-state index contributed by atoms with van der Waals surface area (Å²) < 4.78 is 0. The van der Waals surface area contributed by atoms with Crippen LogP contribution in [0, 0.1) is 5.92 Å². The number of nitrogens with two attached hydrogens (primary N) is 1. The minimum absolute atomic E-state index is 0.247. The molecule has 0 rings (SSSR count). The molecule has 0 aliphatic heterocycles. The van der Waals surface area contributed by atoms with Crippen molar-refractivity contribution >= 4 is 5.78 Å². The van der Waals surface area contributed by atoms with Crippen molar-refractivity contribution in [2.24, 2.45) is 11.7 Å². The summed E-state index contributed by atoms with van der Waals surface area (Å²) in [6.45, 7) is 4.81. The fourth-order valence-electron chi connectivity index (χ4n) is 1.25. The molecule has 0 heterocycles. The van der Waals surface area contributed by atoms with Crippen molar-refractivity contribution in [3.63, 3.8) is 0 Å². The molecule has 0 radical (unpaired) electrons. The third-order valence-electron chi connectivity index (χ3n) is 2.14. The van der Waals surface area contributed by atoms with Gasteiger partial charge in [-0.15, -0.1) is 0 Å². The van der Waals surface area contributed by atoms with Crippen molar-refractivity contribution < 1.29 is 4.79 Å². The zero-order chi connectivity index (χ0) is 9.40. The molecule has 2 heteroatoms. The molecule has 0 fully saturated rings. The Kier molecular flexibility index (Phi) is 7.06. The number of carbonyl (C=O) groups is 1. The molecule has 2 N–H and O–H groups in total. The van der Waals surface area contributed by atoms with E-state index in [1.807, 2.05) is 13.8 Å². The average Bonchev–Trinajstić information content (AvgIpc) is 2.05. The van der Waals surface area contributed by atoms with Gasteiger partial charge in [0.15, 0.2) is 0 Å². The number of hydrogen-bond donors (Lipinski definition) is 1. The van der Waals surface area contributed by atoms with Crippen molar-refractivity contribution in [1.29, 1.82) is 0 Å². The van der Waals surface area contributed by atoms with E-state index in [0.29, 0.717) is 5.78 Å². The van der Waals surface area contributed by atoms with Crippen molar-refractivity contribution in [1.82, 2.24) is 0 Å². The van der Waals surface area contributed by atoms with E-state index in [0.717, 1.165) is 38.6 Å². The van der Waals surface area contributed by atoms with Gasteiger partial charge >= 0.3 is 0 Å². The minimum atomic E-state index is 0.247. The van der Waals surface area contributed by atoms with Crippen molar-refractivity contribution in [2.75, 3.05) is 6.54 Å². The summed E-state index contributed by atoms with van der Waals surface area (Å²) in [6, 6.07) is 0. The maximum Gasteiger partial charge on any atom is 0.135 e. The lowest BCUT2D eigenvalue weighted by molar-refractivity contribution is -0.122. The molecule has 12 heavy (non-hydrogen) atoms. The van der Waals surface area contributed by atoms with Crippen LogP contribution in [0.4, 0.5) is 0 Å². The highest BCUT2D eigenvalue weighted by atomic mass is 16.1. The molecule has 0 aliphatic carbocycles. The second kappa shape index (κ2) is 7.29. The van der Waals surface area contributed by atoms with Crippen LogP contribution < -0.4 is 5.73 Å². The fourth-order valence-corrected chi connectivity index (χ4v) is 1.25. The first-order chi connectivity index (χ1) is 5.72. The third kappa shape index (κ3) is 5.30. The van der Waals surface area contributed by atoms with Gasteiger partial charge in [0.25, 0.3) is 0 Å². The predicted octanol–water partition coefficient (Wildman–Crippen LogP) is 2.12. The van der Waals surface area contributed by atoms with Crippen LogP contribution in [-0.2, 0) is 4.79 Å². The number of Topliss-reactive ketones (excluding diaryl/α,β-unsaturated/α-hetero) is 1. The molecule has 1 unspecified atom stereocenters. The zero-order valence-electron chi connectivity index (χ0n) is 8.31. The van der Waals surface area contributed by atoms with Gasteiger partial charge in [-0.3, -0.25) is 4.79 Å². The van der Waals surface area contributed by atoms with Crippen LogP contribution in [-0.4, -0.2) is 12.3 Å². The summed E-state index contributed by atoms with van der Waals surface area (Å²) in [4.78, 5) is 11.3. The Morgan fingerprint density at radius 2 is 2.08 bits per heavy atom. The smallest absolute Gasteiger partial charge is 0.135 e. The van der Waals surface area contributed by atoms with Gasteiger partial charge in [0.2, 0.25) is 0 Å². The number of ketones is 1. The summed E-state index contributed by atoms with van der Waals surface area (Å²) in [6.07, 6.45) is 4.86. The van der Waals surface area contributed by atoms with E-state index in [4.69, 9.17) is 5.73 Å². The Hall–Kier alpha value is -0.370. The maximum absolute atomic E-state index is 11.3. The Morgan fingerprint density at radius 3 is 2.58 bits per heavy atom. The molecule has 0 aromatic carbocycles. The van der Waals surface area contributed by atoms with Crippen LogP contribution >= 0.6 is 0 Å². The van der Waals surface area contributed by atoms with E-state index in [-0.39, 0.29) is 5.92 Å². The normalized spacial score (nSPS) is 12.9. The average molecular weight is 171 g/mol. The van der Waals surface area contributed by atoms with Gasteiger partial charge in [0, 0.05) is 12.3 Å². The lowest BCUT2D eigenvalue weighted by atomic mass is 9.97. The molecular weight excluding hydrogens is 150 g/mol. The third-order valence-corrected chi connectivity index (χ3v) is 2.14. The molecule has 2 nitrogen and oxygen atoms in total. The highest BCUT2D eigenvalue weighted by Crippen LogP contribution is 2.11. The quantitative estimate of drug-likeness (QED) is 0.596. The molecule has 0 spiro atoms. The van der Waals surface area contributed by atoms with Crippen LogP contribution in [0.3, 0.4) is 0 Å². The van der Waals surface area contributed by atoms with Gasteiger partial charge in [-0.2, -0.15) is 0 Å². The molecule has 72 valence electrons. The van der Waals surface area contributed by atoms with E-state index in [1.165, 1.54) is 0 Å². The second-order valence-corrected chi connectivity index (χ2v) is 3.40. The molecule has 0 saturated heterocycles. The summed E-state index contributed by atoms with van der Waals surface area (Å²) in [5, 5.41) is 0. The Labute approximate surface area is 75.5 Å². The summed E-state index contributed by atoms with van der Waals surface area (Å²) in [7, 11) is 0. The second-order valence-electron chi connectivity index (χ2n) is 3.40. The van der Waals surface area contributed by atoms with E-state index >= 15 is 0 Å². The Balaban J connectivity index is 3.42. The van der Waals surface area contributed by atoms with Crippen molar-refractivity contribution in [3.05, 3.63) is 0 Å². The first-order valence-electron chi connectivity index (χ1n) is 4.95. The van der Waals surface area contributed by atoms with Gasteiger partial charge in [0.1, 0.15) is 5.78 Å². The van der Waals surface area contributed by atoms with E-state index in [2.05, 4.69) is 0 Å². The topological polar surface area (TPSA) is 43.1 Å². The lowest BCUT2D eigenvalue weighted by Gasteiger charge is -2.08. The molecule has 0 aromatic rings. The van der Waals surface area contributed by atoms with E-state index in [1.54, 1.807) is 0 Å². The summed E-state index contributed by atoms with van der Waals surface area (Å²) in [5.74, 6) is 0.658. The molecular formula is C10H21NO. The molecule has 0 amide bonds. The fraction of sp³-hybridized carbons (Fsp3) is 0.900. The highest BCUT2D eigenvalue weighted by Gasteiger charge is 2.10. The standard InChI is InChI=1S/C10H21NO/c1-3-6-10(12)9(2)7-4-5-8-11/h9H,3-8,11H2,1-2H3. The minimum Gasteiger partial charge on any atom is -0.330 e. The van der Waals surface area contributed by atoms with E-state index < -0.39 is 0 Å².